The van der Waals surface area contributed by atoms with Gasteiger partial charge in [0.25, 0.3) is 5.56 Å². The molecule has 2 heterocycles. The Balaban J connectivity index is 2.23. The average Bonchev–Trinajstić information content (AvgIpc) is 2.72. The van der Waals surface area contributed by atoms with Gasteiger partial charge in [0.05, 0.1) is 12.7 Å². The molecule has 1 saturated heterocycles. The molecule has 4 N–H and O–H groups in total. The lowest BCUT2D eigenvalue weighted by Gasteiger charge is -2.15. The van der Waals surface area contributed by atoms with E-state index in [1.807, 2.05) is 0 Å². The largest absolute Gasteiger partial charge is 0.394 e. The lowest BCUT2D eigenvalue weighted by atomic mass is 10.1. The fourth-order valence-corrected chi connectivity index (χ4v) is 1.96. The van der Waals surface area contributed by atoms with Crippen LogP contribution in [0.2, 0.25) is 0 Å². The summed E-state index contributed by atoms with van der Waals surface area (Å²) < 4.78 is 6.69. The SMILES string of the molecule is [N-]=[NH+]NC1CC(n2ccc(=O)[nH]c2=O)OC1CO. The van der Waals surface area contributed by atoms with Crippen LogP contribution < -0.4 is 21.9 Å². The minimum absolute atomic E-state index is 0.256. The van der Waals surface area contributed by atoms with E-state index in [0.717, 1.165) is 0 Å². The van der Waals surface area contributed by atoms with Gasteiger partial charge >= 0.3 is 5.69 Å². The molecule has 1 aromatic heterocycles. The van der Waals surface area contributed by atoms with Gasteiger partial charge in [-0.25, -0.2) is 4.79 Å². The van der Waals surface area contributed by atoms with Crippen molar-refractivity contribution in [3.05, 3.63) is 38.6 Å². The van der Waals surface area contributed by atoms with Gasteiger partial charge in [-0.2, -0.15) is 10.8 Å². The van der Waals surface area contributed by atoms with Crippen LogP contribution >= 0.6 is 0 Å². The summed E-state index contributed by atoms with van der Waals surface area (Å²) in [4.78, 5) is 24.6. The first-order chi connectivity index (χ1) is 8.65. The summed E-state index contributed by atoms with van der Waals surface area (Å²) >= 11 is 0. The van der Waals surface area contributed by atoms with E-state index in [1.54, 1.807) is 5.22 Å². The van der Waals surface area contributed by atoms with Crippen LogP contribution in [0.25, 0.3) is 5.53 Å². The normalized spacial score (nSPS) is 27.1. The number of aromatic nitrogens is 2. The van der Waals surface area contributed by atoms with E-state index in [2.05, 4.69) is 10.4 Å². The second-order valence-corrected chi connectivity index (χ2v) is 3.93. The quantitative estimate of drug-likeness (QED) is 0.332. The molecule has 1 aliphatic rings. The Bertz CT molecular complexity index is 538. The number of aliphatic hydroxyl groups excluding tert-OH is 1. The zero-order valence-electron chi connectivity index (χ0n) is 9.37. The topological polar surface area (TPSA) is 133 Å². The summed E-state index contributed by atoms with van der Waals surface area (Å²) in [6.45, 7) is -0.256. The van der Waals surface area contributed by atoms with Gasteiger partial charge in [-0.1, -0.05) is 0 Å². The van der Waals surface area contributed by atoms with E-state index in [4.69, 9.17) is 15.4 Å². The fraction of sp³-hybridized carbons (Fsp3) is 0.556. The number of ether oxygens (including phenoxy) is 1. The maximum atomic E-state index is 11.6. The second-order valence-electron chi connectivity index (χ2n) is 3.93. The molecule has 0 saturated carbocycles. The summed E-state index contributed by atoms with van der Waals surface area (Å²) in [5, 5.41) is 10.9. The first-order valence-corrected chi connectivity index (χ1v) is 5.38. The standard InChI is InChI=1S/C9H13N5O4/c10-13-12-5-3-8(18-6(5)4-15)14-2-1-7(16)11-9(14)17/h1-2,5-6,8,13,15H,3-4H2,(H2-,10,11,12,16,17). The molecule has 9 nitrogen and oxygen atoms in total. The van der Waals surface area contributed by atoms with E-state index < -0.39 is 23.6 Å². The van der Waals surface area contributed by atoms with E-state index in [1.165, 1.54) is 16.8 Å². The highest BCUT2D eigenvalue weighted by Crippen LogP contribution is 2.26. The minimum atomic E-state index is -0.614. The molecule has 1 fully saturated rings. The molecule has 3 atom stereocenters. The van der Waals surface area contributed by atoms with Crippen molar-refractivity contribution in [2.45, 2.75) is 24.8 Å². The molecule has 98 valence electrons. The Labute approximate surface area is 101 Å². The fourth-order valence-electron chi connectivity index (χ4n) is 1.96. The molecule has 3 unspecified atom stereocenters. The third kappa shape index (κ3) is 2.31. The summed E-state index contributed by atoms with van der Waals surface area (Å²) in [6, 6.07) is 0.854. The van der Waals surface area contributed by atoms with E-state index >= 15 is 0 Å². The molecule has 1 aromatic rings. The van der Waals surface area contributed by atoms with E-state index in [-0.39, 0.29) is 12.6 Å². The number of nitrogens with one attached hydrogen (secondary N) is 3. The van der Waals surface area contributed by atoms with Crippen LogP contribution in [0.3, 0.4) is 0 Å². The van der Waals surface area contributed by atoms with Gasteiger partial charge in [0.2, 0.25) is 0 Å². The number of H-pyrrole nitrogens is 1. The summed E-state index contributed by atoms with van der Waals surface area (Å²) in [6.07, 6.45) is 0.505. The third-order valence-corrected chi connectivity index (χ3v) is 2.83. The van der Waals surface area contributed by atoms with Gasteiger partial charge in [0.1, 0.15) is 6.23 Å². The smallest absolute Gasteiger partial charge is 0.330 e. The van der Waals surface area contributed by atoms with Crippen LogP contribution in [0.15, 0.2) is 21.9 Å². The lowest BCUT2D eigenvalue weighted by Crippen LogP contribution is -2.79. The molecule has 0 bridgehead atoms. The van der Waals surface area contributed by atoms with Crippen molar-refractivity contribution in [2.75, 3.05) is 6.61 Å². The maximum Gasteiger partial charge on any atom is 0.330 e. The Morgan fingerprint density at radius 2 is 2.44 bits per heavy atom. The molecular formula is C9H13N5O4. The number of nitrogens with zero attached hydrogens (tertiary/aromatic N) is 2. The van der Waals surface area contributed by atoms with Crippen molar-refractivity contribution in [1.29, 1.82) is 0 Å². The number of hydrogen-bond acceptors (Lipinski definition) is 4. The summed E-state index contributed by atoms with van der Waals surface area (Å²) in [5.74, 6) is 0. The van der Waals surface area contributed by atoms with Crippen molar-refractivity contribution in [1.82, 2.24) is 15.0 Å². The van der Waals surface area contributed by atoms with Crippen LogP contribution in [0.5, 0.6) is 0 Å². The van der Waals surface area contributed by atoms with E-state index in [9.17, 15) is 9.59 Å². The predicted molar refractivity (Wildman–Crippen MR) is 58.2 cm³/mol. The van der Waals surface area contributed by atoms with Gasteiger partial charge in [-0.05, 0) is 0 Å². The molecule has 9 heteroatoms. The van der Waals surface area contributed by atoms with Crippen LogP contribution in [0, 0.1) is 0 Å². The molecule has 0 amide bonds. The van der Waals surface area contributed by atoms with Crippen LogP contribution in [0.4, 0.5) is 0 Å². The van der Waals surface area contributed by atoms with Crippen molar-refractivity contribution in [2.24, 2.45) is 0 Å². The van der Waals surface area contributed by atoms with Crippen LogP contribution in [-0.2, 0) is 4.74 Å². The van der Waals surface area contributed by atoms with Crippen LogP contribution in [-0.4, -0.2) is 33.4 Å². The van der Waals surface area contributed by atoms with Crippen molar-refractivity contribution in [3.8, 4) is 0 Å². The Hall–Kier alpha value is -2.00. The van der Waals surface area contributed by atoms with Crippen molar-refractivity contribution < 1.29 is 15.1 Å². The molecule has 1 aliphatic heterocycles. The Morgan fingerprint density at radius 3 is 3.06 bits per heavy atom. The number of hydrogen-bond donors (Lipinski definition) is 4. The van der Waals surface area contributed by atoms with Gasteiger partial charge in [0.15, 0.2) is 0 Å². The zero-order valence-corrected chi connectivity index (χ0v) is 9.37. The maximum absolute atomic E-state index is 11.6. The predicted octanol–water partition coefficient (Wildman–Crippen LogP) is -3.21. The number of hydrazine groups is 1. The molecule has 2 rings (SSSR count). The molecule has 0 aromatic carbocycles. The molecular weight excluding hydrogens is 242 g/mol. The molecule has 0 aliphatic carbocycles. The number of rotatable bonds is 4. The minimum Gasteiger partial charge on any atom is -0.394 e. The van der Waals surface area contributed by atoms with Crippen LogP contribution in [0.1, 0.15) is 12.6 Å². The first-order valence-electron chi connectivity index (χ1n) is 5.38. The van der Waals surface area contributed by atoms with Crippen molar-refractivity contribution >= 4 is 0 Å². The molecule has 0 spiro atoms. The highest BCUT2D eigenvalue weighted by Gasteiger charge is 2.34. The Kier molecular flexibility index (Phi) is 3.53. The highest BCUT2D eigenvalue weighted by atomic mass is 16.5. The zero-order chi connectivity index (χ0) is 13.1. The molecule has 0 radical (unpaired) electrons. The average molecular weight is 255 g/mol. The van der Waals surface area contributed by atoms with Gasteiger partial charge in [-0.15, -0.1) is 0 Å². The number of aliphatic hydroxyl groups is 1. The summed E-state index contributed by atoms with van der Waals surface area (Å²) in [5.41, 5.74) is 10.0. The van der Waals surface area contributed by atoms with E-state index in [0.29, 0.717) is 6.42 Å². The summed E-state index contributed by atoms with van der Waals surface area (Å²) in [7, 11) is 0. The van der Waals surface area contributed by atoms with Gasteiger partial charge < -0.3 is 9.84 Å². The van der Waals surface area contributed by atoms with Gasteiger partial charge in [0, 0.05) is 24.7 Å². The van der Waals surface area contributed by atoms with Gasteiger partial charge in [-0.3, -0.25) is 19.8 Å². The molecule has 18 heavy (non-hydrogen) atoms. The first kappa shape index (κ1) is 12.5. The Morgan fingerprint density at radius 1 is 1.67 bits per heavy atom. The van der Waals surface area contributed by atoms with Crippen molar-refractivity contribution in [3.63, 3.8) is 0 Å². The third-order valence-electron chi connectivity index (χ3n) is 2.83. The lowest BCUT2D eigenvalue weighted by molar-refractivity contribution is -0.556. The number of aromatic amines is 1. The highest BCUT2D eigenvalue weighted by molar-refractivity contribution is 4.89. The second kappa shape index (κ2) is 5.10. The monoisotopic (exact) mass is 255 g/mol.